The Morgan fingerprint density at radius 2 is 1.71 bits per heavy atom. The highest BCUT2D eigenvalue weighted by Crippen LogP contribution is 2.03. The third-order valence-electron chi connectivity index (χ3n) is 3.43. The van der Waals surface area contributed by atoms with Gasteiger partial charge in [-0.3, -0.25) is 4.90 Å². The Morgan fingerprint density at radius 1 is 1.14 bits per heavy atom. The van der Waals surface area contributed by atoms with E-state index in [-0.39, 0.29) is 0 Å². The first-order valence-corrected chi connectivity index (χ1v) is 7.82. The van der Waals surface area contributed by atoms with Crippen molar-refractivity contribution in [3.05, 3.63) is 0 Å². The Bertz CT molecular complexity index is 311. The van der Waals surface area contributed by atoms with E-state index in [4.69, 9.17) is 5.11 Å². The Balaban J connectivity index is 4.15. The van der Waals surface area contributed by atoms with Crippen LogP contribution in [0.5, 0.6) is 0 Å². The lowest BCUT2D eigenvalue weighted by Gasteiger charge is -2.30. The summed E-state index contributed by atoms with van der Waals surface area (Å²) in [6, 6.07) is -0.403. The molecular formula is C15H31N3O3. The van der Waals surface area contributed by atoms with Gasteiger partial charge in [-0.15, -0.1) is 0 Å². The molecule has 0 aromatic rings. The van der Waals surface area contributed by atoms with Crippen molar-refractivity contribution in [2.75, 3.05) is 13.1 Å². The molecule has 0 fully saturated rings. The molecule has 0 aromatic carbocycles. The number of unbranched alkanes of at least 4 members (excludes halogenated alkanes) is 1. The SMILES string of the molecule is CCCC[C@H](NC(=O)NCCN(C(C)C)C(C)C)C(=O)O. The first-order valence-electron chi connectivity index (χ1n) is 7.82. The molecule has 0 spiro atoms. The van der Waals surface area contributed by atoms with E-state index < -0.39 is 18.0 Å². The molecular weight excluding hydrogens is 270 g/mol. The van der Waals surface area contributed by atoms with Gasteiger partial charge in [0, 0.05) is 25.2 Å². The average molecular weight is 301 g/mol. The number of amides is 2. The number of nitrogens with one attached hydrogen (secondary N) is 2. The van der Waals surface area contributed by atoms with E-state index in [1.54, 1.807) is 0 Å². The summed E-state index contributed by atoms with van der Waals surface area (Å²) in [6.45, 7) is 11.7. The molecule has 6 nitrogen and oxygen atoms in total. The lowest BCUT2D eigenvalue weighted by Crippen LogP contribution is -2.48. The number of carboxylic acids is 1. The first-order chi connectivity index (χ1) is 9.79. The standard InChI is InChI=1S/C15H31N3O3/c1-6-7-8-13(14(19)20)17-15(21)16-9-10-18(11(2)3)12(4)5/h11-13H,6-10H2,1-5H3,(H,19,20)(H2,16,17,21)/t13-/m0/s1. The molecule has 124 valence electrons. The van der Waals surface area contributed by atoms with Gasteiger partial charge in [-0.2, -0.15) is 0 Å². The van der Waals surface area contributed by atoms with Gasteiger partial charge < -0.3 is 15.7 Å². The second kappa shape index (κ2) is 10.4. The zero-order valence-corrected chi connectivity index (χ0v) is 14.0. The van der Waals surface area contributed by atoms with Crippen LogP contribution in [-0.4, -0.2) is 53.2 Å². The van der Waals surface area contributed by atoms with Gasteiger partial charge in [0.2, 0.25) is 0 Å². The summed E-state index contributed by atoms with van der Waals surface area (Å²) >= 11 is 0. The molecule has 6 heteroatoms. The zero-order valence-electron chi connectivity index (χ0n) is 14.0. The van der Waals surface area contributed by atoms with Crippen LogP contribution in [0.1, 0.15) is 53.9 Å². The highest BCUT2D eigenvalue weighted by atomic mass is 16.4. The van der Waals surface area contributed by atoms with Crippen molar-refractivity contribution >= 4 is 12.0 Å². The van der Waals surface area contributed by atoms with Gasteiger partial charge in [0.1, 0.15) is 6.04 Å². The zero-order chi connectivity index (χ0) is 16.4. The number of hydrogen-bond donors (Lipinski definition) is 3. The van der Waals surface area contributed by atoms with Gasteiger partial charge >= 0.3 is 12.0 Å². The minimum Gasteiger partial charge on any atom is -0.480 e. The summed E-state index contributed by atoms with van der Waals surface area (Å²) in [5, 5.41) is 14.3. The van der Waals surface area contributed by atoms with Crippen LogP contribution >= 0.6 is 0 Å². The molecule has 1 atom stereocenters. The van der Waals surface area contributed by atoms with Crippen LogP contribution in [0.15, 0.2) is 0 Å². The summed E-state index contributed by atoms with van der Waals surface area (Å²) in [5.74, 6) is -0.982. The number of carbonyl (C=O) groups is 2. The van der Waals surface area contributed by atoms with Crippen molar-refractivity contribution in [2.45, 2.75) is 72.0 Å². The van der Waals surface area contributed by atoms with Gasteiger partial charge in [0.15, 0.2) is 0 Å². The Morgan fingerprint density at radius 3 is 2.14 bits per heavy atom. The molecule has 21 heavy (non-hydrogen) atoms. The van der Waals surface area contributed by atoms with Gasteiger partial charge in [-0.1, -0.05) is 19.8 Å². The van der Waals surface area contributed by atoms with E-state index in [0.717, 1.165) is 19.4 Å². The van der Waals surface area contributed by atoms with Crippen LogP contribution in [0.25, 0.3) is 0 Å². The smallest absolute Gasteiger partial charge is 0.326 e. The molecule has 0 rings (SSSR count). The quantitative estimate of drug-likeness (QED) is 0.577. The van der Waals surface area contributed by atoms with Crippen molar-refractivity contribution < 1.29 is 14.7 Å². The van der Waals surface area contributed by atoms with Crippen molar-refractivity contribution in [3.63, 3.8) is 0 Å². The number of aliphatic carboxylic acids is 1. The Labute approximate surface area is 128 Å². The topological polar surface area (TPSA) is 81.7 Å². The summed E-state index contributed by atoms with van der Waals surface area (Å²) in [6.07, 6.45) is 2.15. The van der Waals surface area contributed by atoms with E-state index in [9.17, 15) is 9.59 Å². The number of carbonyl (C=O) groups excluding carboxylic acids is 1. The van der Waals surface area contributed by atoms with E-state index in [1.807, 2.05) is 6.92 Å². The van der Waals surface area contributed by atoms with Crippen LogP contribution < -0.4 is 10.6 Å². The van der Waals surface area contributed by atoms with Gasteiger partial charge in [0.05, 0.1) is 0 Å². The van der Waals surface area contributed by atoms with E-state index >= 15 is 0 Å². The second-order valence-corrected chi connectivity index (χ2v) is 5.86. The van der Waals surface area contributed by atoms with Crippen molar-refractivity contribution in [2.24, 2.45) is 0 Å². The largest absolute Gasteiger partial charge is 0.480 e. The monoisotopic (exact) mass is 301 g/mol. The normalized spacial score (nSPS) is 12.8. The minimum absolute atomic E-state index is 0.409. The maximum absolute atomic E-state index is 11.7. The second-order valence-electron chi connectivity index (χ2n) is 5.86. The maximum Gasteiger partial charge on any atom is 0.326 e. The van der Waals surface area contributed by atoms with Crippen LogP contribution in [0.2, 0.25) is 0 Å². The van der Waals surface area contributed by atoms with Gasteiger partial charge in [-0.25, -0.2) is 9.59 Å². The van der Waals surface area contributed by atoms with Crippen LogP contribution in [0.4, 0.5) is 4.79 Å². The third-order valence-corrected chi connectivity index (χ3v) is 3.43. The van der Waals surface area contributed by atoms with Crippen LogP contribution in [0, 0.1) is 0 Å². The van der Waals surface area contributed by atoms with Crippen LogP contribution in [0.3, 0.4) is 0 Å². The van der Waals surface area contributed by atoms with Crippen molar-refractivity contribution in [3.8, 4) is 0 Å². The van der Waals surface area contributed by atoms with Gasteiger partial charge in [0.25, 0.3) is 0 Å². The summed E-state index contributed by atoms with van der Waals surface area (Å²) in [7, 11) is 0. The fourth-order valence-corrected chi connectivity index (χ4v) is 2.29. The number of rotatable bonds is 10. The molecule has 0 unspecified atom stereocenters. The number of hydrogen-bond acceptors (Lipinski definition) is 3. The molecule has 0 saturated carbocycles. The highest BCUT2D eigenvalue weighted by Gasteiger charge is 2.19. The fourth-order valence-electron chi connectivity index (χ4n) is 2.29. The van der Waals surface area contributed by atoms with Crippen molar-refractivity contribution in [1.82, 2.24) is 15.5 Å². The van der Waals surface area contributed by atoms with E-state index in [1.165, 1.54) is 0 Å². The molecule has 0 aliphatic heterocycles. The van der Waals surface area contributed by atoms with Crippen LogP contribution in [-0.2, 0) is 4.79 Å². The molecule has 0 radical (unpaired) electrons. The minimum atomic E-state index is -0.982. The summed E-state index contributed by atoms with van der Waals surface area (Å²) < 4.78 is 0. The maximum atomic E-state index is 11.7. The fraction of sp³-hybridized carbons (Fsp3) is 0.867. The number of nitrogens with zero attached hydrogens (tertiary/aromatic N) is 1. The highest BCUT2D eigenvalue weighted by molar-refractivity contribution is 5.82. The molecule has 0 aromatic heterocycles. The molecule has 0 heterocycles. The molecule has 0 saturated heterocycles. The van der Waals surface area contributed by atoms with Crippen molar-refractivity contribution in [1.29, 1.82) is 0 Å². The number of carboxylic acid groups (broad SMARTS) is 1. The molecule has 0 aliphatic carbocycles. The molecule has 3 N–H and O–H groups in total. The lowest BCUT2D eigenvalue weighted by molar-refractivity contribution is -0.139. The predicted octanol–water partition coefficient (Wildman–Crippen LogP) is 2.05. The number of urea groups is 1. The van der Waals surface area contributed by atoms with E-state index in [2.05, 4.69) is 43.2 Å². The Kier molecular flexibility index (Phi) is 9.78. The van der Waals surface area contributed by atoms with Gasteiger partial charge in [-0.05, 0) is 34.1 Å². The van der Waals surface area contributed by atoms with E-state index in [0.29, 0.717) is 25.0 Å². The third kappa shape index (κ3) is 8.55. The summed E-state index contributed by atoms with van der Waals surface area (Å²) in [4.78, 5) is 25.1. The predicted molar refractivity (Wildman–Crippen MR) is 84.5 cm³/mol. The average Bonchev–Trinajstić information content (AvgIpc) is 2.38. The lowest BCUT2D eigenvalue weighted by atomic mass is 10.1. The molecule has 2 amide bonds. The molecule has 0 bridgehead atoms. The summed E-state index contributed by atoms with van der Waals surface area (Å²) in [5.41, 5.74) is 0. The Hall–Kier alpha value is -1.30. The molecule has 0 aliphatic rings. The first kappa shape index (κ1) is 19.7.